The molecule has 1 aromatic carbocycles. The van der Waals surface area contributed by atoms with E-state index in [0.717, 1.165) is 24.1 Å². The summed E-state index contributed by atoms with van der Waals surface area (Å²) in [6, 6.07) is 8.03. The summed E-state index contributed by atoms with van der Waals surface area (Å²) < 4.78 is 0. The second-order valence-corrected chi connectivity index (χ2v) is 4.44. The third-order valence-electron chi connectivity index (χ3n) is 2.70. The molecular formula is C13H21NO. The zero-order chi connectivity index (χ0) is 11.5. The van der Waals surface area contributed by atoms with Crippen LogP contribution in [0, 0.1) is 0 Å². The van der Waals surface area contributed by atoms with Gasteiger partial charge < -0.3 is 10.0 Å². The molecule has 0 heterocycles. The number of anilines is 1. The maximum absolute atomic E-state index is 10.4. The molecule has 84 valence electrons. The van der Waals surface area contributed by atoms with Crippen LogP contribution in [-0.4, -0.2) is 19.2 Å². The molecule has 0 bridgehead atoms. The fourth-order valence-electron chi connectivity index (χ4n) is 1.94. The minimum absolute atomic E-state index is 0.727. The summed E-state index contributed by atoms with van der Waals surface area (Å²) in [4.78, 5) is 2.04. The first kappa shape index (κ1) is 12.1. The van der Waals surface area contributed by atoms with Gasteiger partial charge in [0, 0.05) is 25.3 Å². The number of hydrogen-bond acceptors (Lipinski definition) is 2. The Kier molecular flexibility index (Phi) is 3.75. The highest BCUT2D eigenvalue weighted by atomic mass is 16.3. The minimum atomic E-state index is -0.727. The van der Waals surface area contributed by atoms with Gasteiger partial charge in [0.1, 0.15) is 0 Å². The molecule has 2 heteroatoms. The van der Waals surface area contributed by atoms with Crippen molar-refractivity contribution in [3.63, 3.8) is 0 Å². The Balaban J connectivity index is 3.12. The molecule has 0 aliphatic heterocycles. The second kappa shape index (κ2) is 4.67. The van der Waals surface area contributed by atoms with E-state index in [1.54, 1.807) is 0 Å². The van der Waals surface area contributed by atoms with Crippen molar-refractivity contribution in [2.75, 3.05) is 19.0 Å². The van der Waals surface area contributed by atoms with Crippen LogP contribution in [-0.2, 0) is 5.60 Å². The number of aliphatic hydroxyl groups is 1. The molecule has 0 spiro atoms. The summed E-state index contributed by atoms with van der Waals surface area (Å²) in [5.41, 5.74) is 1.38. The molecule has 15 heavy (non-hydrogen) atoms. The lowest BCUT2D eigenvalue weighted by Crippen LogP contribution is -2.24. The normalized spacial score (nSPS) is 14.7. The van der Waals surface area contributed by atoms with E-state index >= 15 is 0 Å². The van der Waals surface area contributed by atoms with E-state index in [2.05, 4.69) is 6.92 Å². The molecule has 1 rings (SSSR count). The Morgan fingerprint density at radius 3 is 2.40 bits per heavy atom. The molecule has 0 aromatic heterocycles. The highest BCUT2D eigenvalue weighted by Gasteiger charge is 2.25. The predicted molar refractivity (Wildman–Crippen MR) is 65.2 cm³/mol. The van der Waals surface area contributed by atoms with Crippen LogP contribution in [0.2, 0.25) is 0 Å². The molecule has 0 fully saturated rings. The lowest BCUT2D eigenvalue weighted by Gasteiger charge is -2.28. The maximum atomic E-state index is 10.4. The molecule has 1 N–H and O–H groups in total. The first-order chi connectivity index (χ1) is 6.99. The topological polar surface area (TPSA) is 23.5 Å². The second-order valence-electron chi connectivity index (χ2n) is 4.44. The minimum Gasteiger partial charge on any atom is -0.385 e. The Bertz CT molecular complexity index is 318. The maximum Gasteiger partial charge on any atom is 0.0888 e. The zero-order valence-corrected chi connectivity index (χ0v) is 10.1. The SMILES string of the molecule is CCC[C@](C)(O)c1ccccc1N(C)C. The number of hydrogen-bond donors (Lipinski definition) is 1. The van der Waals surface area contributed by atoms with Crippen molar-refractivity contribution in [3.8, 4) is 0 Å². The Labute approximate surface area is 92.5 Å². The van der Waals surface area contributed by atoms with E-state index in [0.29, 0.717) is 0 Å². The third kappa shape index (κ3) is 2.72. The molecule has 1 atom stereocenters. The molecule has 2 nitrogen and oxygen atoms in total. The number of para-hydroxylation sites is 1. The molecule has 0 saturated carbocycles. The van der Waals surface area contributed by atoms with Crippen molar-refractivity contribution >= 4 is 5.69 Å². The van der Waals surface area contributed by atoms with Crippen molar-refractivity contribution in [3.05, 3.63) is 29.8 Å². The van der Waals surface area contributed by atoms with Crippen molar-refractivity contribution < 1.29 is 5.11 Å². The largest absolute Gasteiger partial charge is 0.385 e. The average molecular weight is 207 g/mol. The predicted octanol–water partition coefficient (Wildman–Crippen LogP) is 2.76. The molecule has 1 aromatic rings. The standard InChI is InChI=1S/C13H21NO/c1-5-10-13(2,15)11-8-6-7-9-12(11)14(3)4/h6-9,15H,5,10H2,1-4H3/t13-/m0/s1. The van der Waals surface area contributed by atoms with Crippen molar-refractivity contribution in [1.82, 2.24) is 0 Å². The van der Waals surface area contributed by atoms with Gasteiger partial charge in [0.05, 0.1) is 5.60 Å². The lowest BCUT2D eigenvalue weighted by atomic mass is 9.90. The first-order valence-corrected chi connectivity index (χ1v) is 5.48. The van der Waals surface area contributed by atoms with E-state index < -0.39 is 5.60 Å². The van der Waals surface area contributed by atoms with Gasteiger partial charge in [-0.25, -0.2) is 0 Å². The number of benzene rings is 1. The molecule has 0 radical (unpaired) electrons. The van der Waals surface area contributed by atoms with Crippen LogP contribution in [0.3, 0.4) is 0 Å². The van der Waals surface area contributed by atoms with Gasteiger partial charge in [0.25, 0.3) is 0 Å². The Morgan fingerprint density at radius 1 is 1.27 bits per heavy atom. The van der Waals surface area contributed by atoms with E-state index in [-0.39, 0.29) is 0 Å². The van der Waals surface area contributed by atoms with Gasteiger partial charge in [0.15, 0.2) is 0 Å². The number of rotatable bonds is 4. The molecule has 0 aliphatic carbocycles. The van der Waals surface area contributed by atoms with Gasteiger partial charge in [-0.2, -0.15) is 0 Å². The van der Waals surface area contributed by atoms with E-state index in [4.69, 9.17) is 0 Å². The van der Waals surface area contributed by atoms with E-state index in [1.165, 1.54) is 0 Å². The Morgan fingerprint density at radius 2 is 1.87 bits per heavy atom. The van der Waals surface area contributed by atoms with Gasteiger partial charge in [-0.05, 0) is 19.4 Å². The summed E-state index contributed by atoms with van der Waals surface area (Å²) >= 11 is 0. The smallest absolute Gasteiger partial charge is 0.0888 e. The quantitative estimate of drug-likeness (QED) is 0.820. The van der Waals surface area contributed by atoms with Crippen LogP contribution in [0.25, 0.3) is 0 Å². The van der Waals surface area contributed by atoms with Crippen molar-refractivity contribution in [2.45, 2.75) is 32.3 Å². The summed E-state index contributed by atoms with van der Waals surface area (Å²) in [6.07, 6.45) is 1.77. The summed E-state index contributed by atoms with van der Waals surface area (Å²) in [7, 11) is 4.00. The van der Waals surface area contributed by atoms with Crippen LogP contribution in [0.15, 0.2) is 24.3 Å². The van der Waals surface area contributed by atoms with E-state index in [1.807, 2.05) is 50.2 Å². The van der Waals surface area contributed by atoms with Crippen LogP contribution < -0.4 is 4.90 Å². The highest BCUT2D eigenvalue weighted by molar-refractivity contribution is 5.54. The van der Waals surface area contributed by atoms with Crippen LogP contribution in [0.1, 0.15) is 32.3 Å². The average Bonchev–Trinajstić information content (AvgIpc) is 2.17. The van der Waals surface area contributed by atoms with Crippen LogP contribution in [0.5, 0.6) is 0 Å². The van der Waals surface area contributed by atoms with Gasteiger partial charge >= 0.3 is 0 Å². The van der Waals surface area contributed by atoms with Crippen LogP contribution >= 0.6 is 0 Å². The molecule has 0 saturated heterocycles. The van der Waals surface area contributed by atoms with Crippen molar-refractivity contribution in [2.24, 2.45) is 0 Å². The monoisotopic (exact) mass is 207 g/mol. The fraction of sp³-hybridized carbons (Fsp3) is 0.538. The van der Waals surface area contributed by atoms with E-state index in [9.17, 15) is 5.11 Å². The fourth-order valence-corrected chi connectivity index (χ4v) is 1.94. The molecule has 0 amide bonds. The van der Waals surface area contributed by atoms with Crippen molar-refractivity contribution in [1.29, 1.82) is 0 Å². The molecule has 0 aliphatic rings. The Hall–Kier alpha value is -1.02. The summed E-state index contributed by atoms with van der Waals surface area (Å²) in [6.45, 7) is 3.98. The van der Waals surface area contributed by atoms with Gasteiger partial charge in [-0.3, -0.25) is 0 Å². The van der Waals surface area contributed by atoms with Crippen LogP contribution in [0.4, 0.5) is 5.69 Å². The van der Waals surface area contributed by atoms with Gasteiger partial charge in [-0.15, -0.1) is 0 Å². The number of nitrogens with zero attached hydrogens (tertiary/aromatic N) is 1. The zero-order valence-electron chi connectivity index (χ0n) is 10.1. The van der Waals surface area contributed by atoms with Gasteiger partial charge in [-0.1, -0.05) is 31.5 Å². The molecule has 0 unspecified atom stereocenters. The molecular weight excluding hydrogens is 186 g/mol. The highest BCUT2D eigenvalue weighted by Crippen LogP contribution is 2.32. The third-order valence-corrected chi connectivity index (χ3v) is 2.70. The summed E-state index contributed by atoms with van der Waals surface area (Å²) in [5, 5.41) is 10.4. The summed E-state index contributed by atoms with van der Waals surface area (Å²) in [5.74, 6) is 0. The van der Waals surface area contributed by atoms with Gasteiger partial charge in [0.2, 0.25) is 0 Å². The first-order valence-electron chi connectivity index (χ1n) is 5.48. The lowest BCUT2D eigenvalue weighted by molar-refractivity contribution is 0.0475.